The summed E-state index contributed by atoms with van der Waals surface area (Å²) in [7, 11) is 1.51. The van der Waals surface area contributed by atoms with E-state index in [1.165, 1.54) is 13.5 Å². The maximum Gasteiger partial charge on any atom is 0.324 e. The fraction of sp³-hybridized carbons (Fsp3) is 0.800. The Morgan fingerprint density at radius 2 is 1.76 bits per heavy atom. The molecule has 0 bridgehead atoms. The molecule has 2 heterocycles. The van der Waals surface area contributed by atoms with Crippen molar-refractivity contribution in [2.24, 2.45) is 5.92 Å². The number of carbonyl (C=O) groups excluding carboxylic acids is 3. The van der Waals surface area contributed by atoms with E-state index in [1.54, 1.807) is 0 Å². The third-order valence-corrected chi connectivity index (χ3v) is 5.25. The number of nitrogens with zero attached hydrogens (tertiary/aromatic N) is 2. The Kier molecular flexibility index (Phi) is 3.63. The molecule has 1 N–H and O–H groups in total. The quantitative estimate of drug-likeness (QED) is 0.736. The molecule has 3 fully saturated rings. The molecule has 0 aromatic heterocycles. The van der Waals surface area contributed by atoms with Gasteiger partial charge in [0.2, 0.25) is 5.91 Å². The summed E-state index contributed by atoms with van der Waals surface area (Å²) in [4.78, 5) is 39.4. The Labute approximate surface area is 124 Å². The summed E-state index contributed by atoms with van der Waals surface area (Å²) in [5.41, 5.74) is -0.769. The minimum absolute atomic E-state index is 0.155. The highest BCUT2D eigenvalue weighted by atomic mass is 16.2. The first-order chi connectivity index (χ1) is 10.0. The SMILES string of the molecule is CN1C(=O)NC2(CCN(C(=O)C3CCCCC3)CC2)C1=O. The minimum Gasteiger partial charge on any atom is -0.342 e. The average molecular weight is 293 g/mol. The lowest BCUT2D eigenvalue weighted by Gasteiger charge is -2.39. The van der Waals surface area contributed by atoms with Crippen LogP contribution in [0.15, 0.2) is 0 Å². The predicted octanol–water partition coefficient (Wildman–Crippen LogP) is 1.11. The van der Waals surface area contributed by atoms with Gasteiger partial charge in [0.15, 0.2) is 0 Å². The van der Waals surface area contributed by atoms with E-state index in [4.69, 9.17) is 0 Å². The van der Waals surface area contributed by atoms with Crippen LogP contribution in [-0.4, -0.2) is 53.3 Å². The first kappa shape index (κ1) is 14.4. The number of nitrogens with one attached hydrogen (secondary N) is 1. The van der Waals surface area contributed by atoms with Crippen LogP contribution in [0, 0.1) is 5.92 Å². The number of imide groups is 1. The Morgan fingerprint density at radius 1 is 1.14 bits per heavy atom. The molecule has 21 heavy (non-hydrogen) atoms. The third kappa shape index (κ3) is 2.40. The van der Waals surface area contributed by atoms with Gasteiger partial charge in [-0.2, -0.15) is 0 Å². The van der Waals surface area contributed by atoms with E-state index in [0.29, 0.717) is 25.9 Å². The number of rotatable bonds is 1. The lowest BCUT2D eigenvalue weighted by molar-refractivity contribution is -0.141. The van der Waals surface area contributed by atoms with Crippen molar-refractivity contribution in [2.45, 2.75) is 50.5 Å². The van der Waals surface area contributed by atoms with Crippen molar-refractivity contribution in [3.05, 3.63) is 0 Å². The fourth-order valence-electron chi connectivity index (χ4n) is 3.81. The molecule has 0 radical (unpaired) electrons. The van der Waals surface area contributed by atoms with E-state index in [2.05, 4.69) is 5.32 Å². The highest BCUT2D eigenvalue weighted by Crippen LogP contribution is 2.31. The van der Waals surface area contributed by atoms with Gasteiger partial charge in [-0.1, -0.05) is 19.3 Å². The second-order valence-corrected chi connectivity index (χ2v) is 6.54. The van der Waals surface area contributed by atoms with E-state index in [1.807, 2.05) is 4.90 Å². The van der Waals surface area contributed by atoms with Gasteiger partial charge in [0, 0.05) is 26.1 Å². The molecule has 116 valence electrons. The van der Waals surface area contributed by atoms with E-state index in [0.717, 1.165) is 30.6 Å². The van der Waals surface area contributed by atoms with Crippen molar-refractivity contribution in [3.63, 3.8) is 0 Å². The van der Waals surface area contributed by atoms with E-state index < -0.39 is 5.54 Å². The monoisotopic (exact) mass is 293 g/mol. The number of amides is 4. The minimum atomic E-state index is -0.769. The molecular weight excluding hydrogens is 270 g/mol. The number of carbonyl (C=O) groups is 3. The zero-order chi connectivity index (χ0) is 15.0. The molecule has 0 aromatic rings. The van der Waals surface area contributed by atoms with Crippen molar-refractivity contribution < 1.29 is 14.4 Å². The van der Waals surface area contributed by atoms with Crippen molar-refractivity contribution in [2.75, 3.05) is 20.1 Å². The highest BCUT2D eigenvalue weighted by molar-refractivity contribution is 6.06. The van der Waals surface area contributed by atoms with Crippen LogP contribution in [0.25, 0.3) is 0 Å². The zero-order valence-corrected chi connectivity index (χ0v) is 12.6. The lowest BCUT2D eigenvalue weighted by atomic mass is 9.84. The second kappa shape index (κ2) is 5.31. The van der Waals surface area contributed by atoms with Crippen LogP contribution in [0.5, 0.6) is 0 Å². The van der Waals surface area contributed by atoms with Crippen LogP contribution >= 0.6 is 0 Å². The van der Waals surface area contributed by atoms with Gasteiger partial charge < -0.3 is 10.2 Å². The van der Waals surface area contributed by atoms with Crippen LogP contribution in [0.2, 0.25) is 0 Å². The Bertz CT molecular complexity index is 463. The molecule has 3 aliphatic rings. The molecule has 6 heteroatoms. The fourth-order valence-corrected chi connectivity index (χ4v) is 3.81. The summed E-state index contributed by atoms with van der Waals surface area (Å²) in [5.74, 6) is 0.260. The van der Waals surface area contributed by atoms with Crippen molar-refractivity contribution in [1.29, 1.82) is 0 Å². The molecule has 6 nitrogen and oxygen atoms in total. The van der Waals surface area contributed by atoms with Gasteiger partial charge in [0.05, 0.1) is 0 Å². The van der Waals surface area contributed by atoms with Crippen LogP contribution in [-0.2, 0) is 9.59 Å². The molecule has 2 aliphatic heterocycles. The smallest absolute Gasteiger partial charge is 0.324 e. The van der Waals surface area contributed by atoms with Crippen LogP contribution < -0.4 is 5.32 Å². The number of hydrogen-bond donors (Lipinski definition) is 1. The Hall–Kier alpha value is -1.59. The summed E-state index contributed by atoms with van der Waals surface area (Å²) in [6.45, 7) is 1.13. The first-order valence-corrected chi connectivity index (χ1v) is 7.93. The first-order valence-electron chi connectivity index (χ1n) is 7.93. The maximum absolute atomic E-state index is 12.5. The molecule has 3 rings (SSSR count). The van der Waals surface area contributed by atoms with Gasteiger partial charge in [0.25, 0.3) is 5.91 Å². The maximum atomic E-state index is 12.5. The second-order valence-electron chi connectivity index (χ2n) is 6.54. The molecule has 0 unspecified atom stereocenters. The van der Waals surface area contributed by atoms with E-state index >= 15 is 0 Å². The van der Waals surface area contributed by atoms with Gasteiger partial charge in [-0.05, 0) is 25.7 Å². The summed E-state index contributed by atoms with van der Waals surface area (Å²) in [6, 6.07) is -0.327. The standard InChI is InChI=1S/C15H23N3O3/c1-17-13(20)15(16-14(17)21)7-9-18(10-8-15)12(19)11-5-3-2-4-6-11/h11H,2-10H2,1H3,(H,16,21). The summed E-state index contributed by atoms with van der Waals surface area (Å²) >= 11 is 0. The summed E-state index contributed by atoms with van der Waals surface area (Å²) in [5, 5.41) is 2.81. The number of likely N-dealkylation sites (N-methyl/N-ethyl adjacent to an activating group) is 1. The number of urea groups is 1. The number of likely N-dealkylation sites (tertiary alicyclic amines) is 1. The molecule has 1 aliphatic carbocycles. The average Bonchev–Trinajstić information content (AvgIpc) is 2.73. The largest absolute Gasteiger partial charge is 0.342 e. The van der Waals surface area contributed by atoms with Crippen LogP contribution in [0.4, 0.5) is 4.79 Å². The van der Waals surface area contributed by atoms with Gasteiger partial charge >= 0.3 is 6.03 Å². The Balaban J connectivity index is 1.61. The van der Waals surface area contributed by atoms with E-state index in [9.17, 15) is 14.4 Å². The summed E-state index contributed by atoms with van der Waals surface area (Å²) < 4.78 is 0. The molecular formula is C15H23N3O3. The number of hydrogen-bond acceptors (Lipinski definition) is 3. The summed E-state index contributed by atoms with van der Waals surface area (Å²) in [6.07, 6.45) is 6.58. The third-order valence-electron chi connectivity index (χ3n) is 5.25. The van der Waals surface area contributed by atoms with Crippen molar-refractivity contribution >= 4 is 17.8 Å². The van der Waals surface area contributed by atoms with Gasteiger partial charge in [-0.15, -0.1) is 0 Å². The van der Waals surface area contributed by atoms with Crippen molar-refractivity contribution in [3.8, 4) is 0 Å². The lowest BCUT2D eigenvalue weighted by Crippen LogP contribution is -2.56. The van der Waals surface area contributed by atoms with Crippen LogP contribution in [0.1, 0.15) is 44.9 Å². The molecule has 1 saturated carbocycles. The molecule has 0 atom stereocenters. The predicted molar refractivity (Wildman–Crippen MR) is 76.4 cm³/mol. The molecule has 1 spiro atoms. The molecule has 0 aromatic carbocycles. The molecule has 2 saturated heterocycles. The molecule has 4 amide bonds. The Morgan fingerprint density at radius 3 is 2.29 bits per heavy atom. The van der Waals surface area contributed by atoms with Crippen molar-refractivity contribution in [1.82, 2.24) is 15.1 Å². The van der Waals surface area contributed by atoms with E-state index in [-0.39, 0.29) is 23.8 Å². The normalized spacial score (nSPS) is 26.3. The highest BCUT2D eigenvalue weighted by Gasteiger charge is 2.51. The van der Waals surface area contributed by atoms with Gasteiger partial charge in [0.1, 0.15) is 5.54 Å². The topological polar surface area (TPSA) is 69.7 Å². The zero-order valence-electron chi connectivity index (χ0n) is 12.6. The number of piperidine rings is 1. The van der Waals surface area contributed by atoms with Gasteiger partial charge in [-0.3, -0.25) is 14.5 Å². The van der Waals surface area contributed by atoms with Crippen LogP contribution in [0.3, 0.4) is 0 Å². The van der Waals surface area contributed by atoms with Gasteiger partial charge in [-0.25, -0.2) is 4.79 Å².